The monoisotopic (exact) mass is 418 g/mol. The van der Waals surface area contributed by atoms with Crippen molar-refractivity contribution >= 4 is 39.6 Å². The van der Waals surface area contributed by atoms with Crippen LogP contribution < -0.4 is 5.32 Å². The Labute approximate surface area is 142 Å². The maximum absolute atomic E-state index is 9.91. The van der Waals surface area contributed by atoms with Crippen LogP contribution in [0.1, 0.15) is 10.6 Å². The number of aliphatic hydroxyl groups excluding tert-OH is 1. The van der Waals surface area contributed by atoms with Crippen molar-refractivity contribution in [2.45, 2.75) is 19.4 Å². The number of hydrogen-bond acceptors (Lipinski definition) is 5. The van der Waals surface area contributed by atoms with Gasteiger partial charge >= 0.3 is 0 Å². The Morgan fingerprint density at radius 1 is 1.43 bits per heavy atom. The van der Waals surface area contributed by atoms with E-state index in [2.05, 4.69) is 32.9 Å². The molecule has 21 heavy (non-hydrogen) atoms. The van der Waals surface area contributed by atoms with Crippen molar-refractivity contribution in [3.05, 3.63) is 43.9 Å². The first-order valence-electron chi connectivity index (χ1n) is 6.80. The fraction of sp³-hybridized carbons (Fsp3) is 0.400. The van der Waals surface area contributed by atoms with Gasteiger partial charge in [0, 0.05) is 27.1 Å². The number of aromatic nitrogens is 1. The fourth-order valence-corrected chi connectivity index (χ4v) is 3.18. The van der Waals surface area contributed by atoms with Gasteiger partial charge in [0.15, 0.2) is 0 Å². The molecule has 0 radical (unpaired) electrons. The number of para-hydroxylation sites is 1. The molecule has 4 nitrogen and oxygen atoms in total. The third kappa shape index (κ3) is 5.54. The molecular weight excluding hydrogens is 399 g/mol. The van der Waals surface area contributed by atoms with E-state index in [1.807, 2.05) is 36.7 Å². The largest absolute Gasteiger partial charge is 0.389 e. The fourth-order valence-electron chi connectivity index (χ4n) is 1.84. The Kier molecular flexibility index (Phi) is 6.88. The highest BCUT2D eigenvalue weighted by Gasteiger charge is 2.06. The van der Waals surface area contributed by atoms with Crippen molar-refractivity contribution in [1.82, 2.24) is 4.98 Å². The van der Waals surface area contributed by atoms with E-state index < -0.39 is 6.10 Å². The molecule has 0 saturated carbocycles. The molecule has 1 atom stereocenters. The first-order chi connectivity index (χ1) is 10.2. The van der Waals surface area contributed by atoms with Gasteiger partial charge in [0.25, 0.3) is 0 Å². The van der Waals surface area contributed by atoms with E-state index in [0.717, 1.165) is 21.4 Å². The van der Waals surface area contributed by atoms with Gasteiger partial charge in [-0.25, -0.2) is 4.98 Å². The second-order valence-corrected chi connectivity index (χ2v) is 6.80. The maximum atomic E-state index is 9.91. The normalized spacial score (nSPS) is 12.3. The van der Waals surface area contributed by atoms with Crippen LogP contribution in [0.4, 0.5) is 5.69 Å². The standard InChI is InChI=1S/C15H19IN2O2S/c1-11-15(21-10-18-11)6-7-20-9-12(19)8-17-14-5-3-2-4-13(14)16/h2-5,10,12,17,19H,6-9H2,1H3. The minimum Gasteiger partial charge on any atom is -0.389 e. The van der Waals surface area contributed by atoms with Crippen LogP contribution in [0.15, 0.2) is 29.8 Å². The Hall–Kier alpha value is -0.700. The lowest BCUT2D eigenvalue weighted by Gasteiger charge is -2.14. The number of halogens is 1. The molecule has 2 N–H and O–H groups in total. The van der Waals surface area contributed by atoms with Crippen LogP contribution in [0.5, 0.6) is 0 Å². The van der Waals surface area contributed by atoms with Gasteiger partial charge < -0.3 is 15.2 Å². The van der Waals surface area contributed by atoms with Crippen LogP contribution in [-0.4, -0.2) is 36.0 Å². The summed E-state index contributed by atoms with van der Waals surface area (Å²) in [5, 5.41) is 13.1. The molecule has 1 unspecified atom stereocenters. The predicted molar refractivity (Wildman–Crippen MR) is 95.0 cm³/mol. The highest BCUT2D eigenvalue weighted by molar-refractivity contribution is 14.1. The van der Waals surface area contributed by atoms with Gasteiger partial charge in [-0.05, 0) is 41.6 Å². The molecule has 0 amide bonds. The Balaban J connectivity index is 1.63. The van der Waals surface area contributed by atoms with Crippen LogP contribution in [0.3, 0.4) is 0 Å². The van der Waals surface area contributed by atoms with Gasteiger partial charge in [-0.2, -0.15) is 0 Å². The van der Waals surface area contributed by atoms with E-state index in [-0.39, 0.29) is 0 Å². The van der Waals surface area contributed by atoms with Gasteiger partial charge in [0.2, 0.25) is 0 Å². The summed E-state index contributed by atoms with van der Waals surface area (Å²) in [4.78, 5) is 5.46. The smallest absolute Gasteiger partial charge is 0.0945 e. The number of thiazole rings is 1. The minimum atomic E-state index is -0.511. The lowest BCUT2D eigenvalue weighted by Crippen LogP contribution is -2.25. The van der Waals surface area contributed by atoms with Crippen LogP contribution >= 0.6 is 33.9 Å². The number of benzene rings is 1. The summed E-state index contributed by atoms with van der Waals surface area (Å²) in [5.74, 6) is 0. The number of nitrogens with zero attached hydrogens (tertiary/aromatic N) is 1. The molecule has 114 valence electrons. The topological polar surface area (TPSA) is 54.4 Å². The number of aryl methyl sites for hydroxylation is 1. The molecule has 1 heterocycles. The third-order valence-electron chi connectivity index (χ3n) is 3.03. The Bertz CT molecular complexity index is 562. The molecule has 0 aliphatic carbocycles. The van der Waals surface area contributed by atoms with Crippen molar-refractivity contribution in [3.8, 4) is 0 Å². The molecular formula is C15H19IN2O2S. The predicted octanol–water partition coefficient (Wildman–Crippen LogP) is 3.09. The number of ether oxygens (including phenoxy) is 1. The number of anilines is 1. The van der Waals surface area contributed by atoms with Gasteiger partial charge in [-0.3, -0.25) is 0 Å². The molecule has 0 bridgehead atoms. The van der Waals surface area contributed by atoms with Crippen molar-refractivity contribution in [2.24, 2.45) is 0 Å². The number of hydrogen-bond donors (Lipinski definition) is 2. The molecule has 0 aliphatic heterocycles. The average molecular weight is 418 g/mol. The maximum Gasteiger partial charge on any atom is 0.0945 e. The molecule has 0 saturated heterocycles. The zero-order valence-electron chi connectivity index (χ0n) is 11.9. The van der Waals surface area contributed by atoms with Gasteiger partial charge in [0.05, 0.1) is 30.5 Å². The summed E-state index contributed by atoms with van der Waals surface area (Å²) in [6.45, 7) is 3.45. The van der Waals surface area contributed by atoms with Crippen molar-refractivity contribution in [1.29, 1.82) is 0 Å². The minimum absolute atomic E-state index is 0.342. The summed E-state index contributed by atoms with van der Waals surface area (Å²) in [5.41, 5.74) is 3.96. The third-order valence-corrected chi connectivity index (χ3v) is 4.97. The van der Waals surface area contributed by atoms with Gasteiger partial charge in [-0.1, -0.05) is 12.1 Å². The molecule has 1 aromatic carbocycles. The number of aliphatic hydroxyl groups is 1. The summed E-state index contributed by atoms with van der Waals surface area (Å²) in [6.07, 6.45) is 0.344. The molecule has 0 fully saturated rings. The Morgan fingerprint density at radius 2 is 2.24 bits per heavy atom. The molecule has 0 spiro atoms. The SMILES string of the molecule is Cc1ncsc1CCOCC(O)CNc1ccccc1I. The van der Waals surface area contributed by atoms with Crippen molar-refractivity contribution in [3.63, 3.8) is 0 Å². The van der Waals surface area contributed by atoms with E-state index in [1.165, 1.54) is 4.88 Å². The van der Waals surface area contributed by atoms with Crippen LogP contribution in [-0.2, 0) is 11.2 Å². The second-order valence-electron chi connectivity index (χ2n) is 4.70. The number of nitrogens with one attached hydrogen (secondary N) is 1. The van der Waals surface area contributed by atoms with Crippen molar-refractivity contribution < 1.29 is 9.84 Å². The summed E-state index contributed by atoms with van der Waals surface area (Å²) >= 11 is 3.92. The van der Waals surface area contributed by atoms with Gasteiger partial charge in [0.1, 0.15) is 0 Å². The first-order valence-corrected chi connectivity index (χ1v) is 8.76. The first kappa shape index (κ1) is 16.7. The lowest BCUT2D eigenvalue weighted by atomic mass is 10.3. The Morgan fingerprint density at radius 3 is 2.95 bits per heavy atom. The molecule has 2 aromatic rings. The summed E-state index contributed by atoms with van der Waals surface area (Å²) < 4.78 is 6.67. The lowest BCUT2D eigenvalue weighted by molar-refractivity contribution is 0.0449. The van der Waals surface area contributed by atoms with E-state index >= 15 is 0 Å². The van der Waals surface area contributed by atoms with Crippen LogP contribution in [0.2, 0.25) is 0 Å². The van der Waals surface area contributed by atoms with E-state index in [4.69, 9.17) is 4.74 Å². The van der Waals surface area contributed by atoms with Crippen molar-refractivity contribution in [2.75, 3.05) is 25.1 Å². The summed E-state index contributed by atoms with van der Waals surface area (Å²) in [6, 6.07) is 8.00. The quantitative estimate of drug-likeness (QED) is 0.511. The van der Waals surface area contributed by atoms with E-state index in [1.54, 1.807) is 11.3 Å². The van der Waals surface area contributed by atoms with Crippen LogP contribution in [0, 0.1) is 10.5 Å². The zero-order chi connectivity index (χ0) is 15.1. The molecule has 6 heteroatoms. The van der Waals surface area contributed by atoms with Crippen LogP contribution in [0.25, 0.3) is 0 Å². The average Bonchev–Trinajstić information content (AvgIpc) is 2.88. The van der Waals surface area contributed by atoms with Gasteiger partial charge in [-0.15, -0.1) is 11.3 Å². The molecule has 2 rings (SSSR count). The highest BCUT2D eigenvalue weighted by atomic mass is 127. The van der Waals surface area contributed by atoms with E-state index in [0.29, 0.717) is 19.8 Å². The zero-order valence-corrected chi connectivity index (χ0v) is 14.9. The highest BCUT2D eigenvalue weighted by Crippen LogP contribution is 2.16. The summed E-state index contributed by atoms with van der Waals surface area (Å²) in [7, 11) is 0. The molecule has 0 aliphatic rings. The molecule has 1 aromatic heterocycles. The second kappa shape index (κ2) is 8.67. The number of rotatable bonds is 8. The van der Waals surface area contributed by atoms with E-state index in [9.17, 15) is 5.11 Å².